The Kier molecular flexibility index (Phi) is 9.72. The van der Waals surface area contributed by atoms with E-state index in [1.165, 1.54) is 11.3 Å². The SMILES string of the molecule is CCC(C(=O)NC1CCCCC1)N(Cc1ccc(Cl)cc1Cl)C(=O)COc1ccccc1Cl. The minimum atomic E-state index is -0.652. The van der Waals surface area contributed by atoms with Crippen LogP contribution in [0.3, 0.4) is 0 Å². The molecule has 0 saturated heterocycles. The van der Waals surface area contributed by atoms with Crippen molar-refractivity contribution in [3.05, 3.63) is 63.1 Å². The van der Waals surface area contributed by atoms with Crippen LogP contribution in [0.25, 0.3) is 0 Å². The zero-order valence-corrected chi connectivity index (χ0v) is 20.9. The summed E-state index contributed by atoms with van der Waals surface area (Å²) in [5.41, 5.74) is 0.705. The number of halogens is 3. The molecule has 2 aromatic carbocycles. The largest absolute Gasteiger partial charge is 0.482 e. The first kappa shape index (κ1) is 25.7. The molecule has 1 aliphatic rings. The van der Waals surface area contributed by atoms with Crippen molar-refractivity contribution in [1.82, 2.24) is 10.2 Å². The van der Waals surface area contributed by atoms with Gasteiger partial charge in [0.15, 0.2) is 6.61 Å². The van der Waals surface area contributed by atoms with Gasteiger partial charge in [0, 0.05) is 22.6 Å². The van der Waals surface area contributed by atoms with Gasteiger partial charge in [-0.15, -0.1) is 0 Å². The summed E-state index contributed by atoms with van der Waals surface area (Å²) < 4.78 is 5.68. The van der Waals surface area contributed by atoms with Gasteiger partial charge in [-0.2, -0.15) is 0 Å². The predicted molar refractivity (Wildman–Crippen MR) is 133 cm³/mol. The molecule has 1 saturated carbocycles. The van der Waals surface area contributed by atoms with Crippen molar-refractivity contribution in [2.75, 3.05) is 6.61 Å². The van der Waals surface area contributed by atoms with Gasteiger partial charge in [-0.25, -0.2) is 0 Å². The first-order valence-electron chi connectivity index (χ1n) is 11.3. The predicted octanol–water partition coefficient (Wildman–Crippen LogP) is 6.28. The van der Waals surface area contributed by atoms with Crippen molar-refractivity contribution in [3.63, 3.8) is 0 Å². The maximum absolute atomic E-state index is 13.3. The lowest BCUT2D eigenvalue weighted by Gasteiger charge is -2.33. The summed E-state index contributed by atoms with van der Waals surface area (Å²) in [6, 6.07) is 11.6. The first-order valence-corrected chi connectivity index (χ1v) is 12.4. The van der Waals surface area contributed by atoms with Gasteiger partial charge in [-0.3, -0.25) is 9.59 Å². The summed E-state index contributed by atoms with van der Waals surface area (Å²) in [5, 5.41) is 4.51. The van der Waals surface area contributed by atoms with Gasteiger partial charge in [0.1, 0.15) is 11.8 Å². The quantitative estimate of drug-likeness (QED) is 0.431. The van der Waals surface area contributed by atoms with E-state index in [2.05, 4.69) is 5.32 Å². The summed E-state index contributed by atoms with van der Waals surface area (Å²) in [5.74, 6) is -0.0659. The van der Waals surface area contributed by atoms with Crippen molar-refractivity contribution in [3.8, 4) is 5.75 Å². The molecule has 1 atom stereocenters. The normalized spacial score (nSPS) is 15.0. The molecular formula is C25H29Cl3N2O3. The lowest BCUT2D eigenvalue weighted by Crippen LogP contribution is -2.52. The molecule has 1 aliphatic carbocycles. The molecule has 8 heteroatoms. The van der Waals surface area contributed by atoms with Crippen molar-refractivity contribution in [2.24, 2.45) is 0 Å². The zero-order valence-electron chi connectivity index (χ0n) is 18.7. The molecule has 0 aliphatic heterocycles. The molecule has 1 unspecified atom stereocenters. The summed E-state index contributed by atoms with van der Waals surface area (Å²) in [6.07, 6.45) is 5.81. The van der Waals surface area contributed by atoms with Gasteiger partial charge in [-0.05, 0) is 49.1 Å². The van der Waals surface area contributed by atoms with E-state index in [4.69, 9.17) is 39.5 Å². The van der Waals surface area contributed by atoms with E-state index >= 15 is 0 Å². The Bertz CT molecular complexity index is 964. The molecule has 2 aromatic rings. The second-order valence-corrected chi connectivity index (χ2v) is 9.49. The molecule has 5 nitrogen and oxygen atoms in total. The van der Waals surface area contributed by atoms with E-state index in [0.717, 1.165) is 25.7 Å². The Hall–Kier alpha value is -1.95. The standard InChI is InChI=1S/C25H29Cl3N2O3/c1-2-22(25(32)29-19-8-4-3-5-9-19)30(15-17-12-13-18(26)14-21(17)28)24(31)16-33-23-11-7-6-10-20(23)27/h6-7,10-14,19,22H,2-5,8-9,15-16H2,1H3,(H,29,32). The average Bonchev–Trinajstić information content (AvgIpc) is 2.80. The number of hydrogen-bond acceptors (Lipinski definition) is 3. The van der Waals surface area contributed by atoms with Crippen LogP contribution in [0.2, 0.25) is 15.1 Å². The van der Waals surface area contributed by atoms with Crippen molar-refractivity contribution < 1.29 is 14.3 Å². The molecule has 0 radical (unpaired) electrons. The van der Waals surface area contributed by atoms with E-state index in [-0.39, 0.29) is 31.0 Å². The fraction of sp³-hybridized carbons (Fsp3) is 0.440. The van der Waals surface area contributed by atoms with Gasteiger partial charge in [0.25, 0.3) is 5.91 Å². The maximum atomic E-state index is 13.3. The molecule has 178 valence electrons. The van der Waals surface area contributed by atoms with Crippen LogP contribution in [0, 0.1) is 0 Å². The molecule has 0 aromatic heterocycles. The fourth-order valence-corrected chi connectivity index (χ4v) is 4.74. The number of rotatable bonds is 9. The molecule has 0 heterocycles. The van der Waals surface area contributed by atoms with Crippen LogP contribution in [0.5, 0.6) is 5.75 Å². The van der Waals surface area contributed by atoms with Crippen molar-refractivity contribution in [1.29, 1.82) is 0 Å². The second kappa shape index (κ2) is 12.5. The highest BCUT2D eigenvalue weighted by Crippen LogP contribution is 2.26. The van der Waals surface area contributed by atoms with Crippen molar-refractivity contribution >= 4 is 46.6 Å². The van der Waals surface area contributed by atoms with E-state index in [1.807, 2.05) is 6.92 Å². The highest BCUT2D eigenvalue weighted by Gasteiger charge is 2.31. The number of carbonyl (C=O) groups is 2. The fourth-order valence-electron chi connectivity index (χ4n) is 4.08. The second-order valence-electron chi connectivity index (χ2n) is 8.24. The third kappa shape index (κ3) is 7.26. The number of hydrogen-bond donors (Lipinski definition) is 1. The van der Waals surface area contributed by atoms with Crippen LogP contribution >= 0.6 is 34.8 Å². The Morgan fingerprint density at radius 3 is 2.45 bits per heavy atom. The Morgan fingerprint density at radius 1 is 1.06 bits per heavy atom. The average molecular weight is 512 g/mol. The smallest absolute Gasteiger partial charge is 0.261 e. The highest BCUT2D eigenvalue weighted by molar-refractivity contribution is 6.35. The third-order valence-corrected chi connectivity index (χ3v) is 6.78. The number of benzene rings is 2. The highest BCUT2D eigenvalue weighted by atomic mass is 35.5. The first-order chi connectivity index (χ1) is 15.9. The van der Waals surface area contributed by atoms with Crippen LogP contribution < -0.4 is 10.1 Å². The Labute approximate surface area is 210 Å². The molecule has 0 spiro atoms. The molecule has 0 bridgehead atoms. The van der Waals surface area contributed by atoms with E-state index in [0.29, 0.717) is 32.8 Å². The Morgan fingerprint density at radius 2 is 1.79 bits per heavy atom. The summed E-state index contributed by atoms with van der Waals surface area (Å²) in [4.78, 5) is 28.1. The van der Waals surface area contributed by atoms with E-state index < -0.39 is 6.04 Å². The monoisotopic (exact) mass is 510 g/mol. The van der Waals surface area contributed by atoms with Gasteiger partial charge in [0.05, 0.1) is 5.02 Å². The topological polar surface area (TPSA) is 58.6 Å². The van der Waals surface area contributed by atoms with Gasteiger partial charge < -0.3 is 15.0 Å². The third-order valence-electron chi connectivity index (χ3n) is 5.88. The number of ether oxygens (including phenoxy) is 1. The van der Waals surface area contributed by atoms with E-state index in [1.54, 1.807) is 42.5 Å². The Balaban J connectivity index is 1.79. The number of nitrogens with zero attached hydrogens (tertiary/aromatic N) is 1. The lowest BCUT2D eigenvalue weighted by atomic mass is 9.95. The molecule has 2 amide bonds. The lowest BCUT2D eigenvalue weighted by molar-refractivity contribution is -0.143. The summed E-state index contributed by atoms with van der Waals surface area (Å²) >= 11 is 18.6. The van der Waals surface area contributed by atoms with Crippen LogP contribution in [0.4, 0.5) is 0 Å². The zero-order chi connectivity index (χ0) is 23.8. The molecule has 1 N–H and O–H groups in total. The molecular weight excluding hydrogens is 483 g/mol. The summed E-state index contributed by atoms with van der Waals surface area (Å²) in [6.45, 7) is 1.81. The molecule has 33 heavy (non-hydrogen) atoms. The number of carbonyl (C=O) groups excluding carboxylic acids is 2. The summed E-state index contributed by atoms with van der Waals surface area (Å²) in [7, 11) is 0. The van der Waals surface area contributed by atoms with Gasteiger partial charge >= 0.3 is 0 Å². The van der Waals surface area contributed by atoms with Crippen LogP contribution in [0.15, 0.2) is 42.5 Å². The van der Waals surface area contributed by atoms with Gasteiger partial charge in [0.2, 0.25) is 5.91 Å². The molecule has 3 rings (SSSR count). The van der Waals surface area contributed by atoms with Crippen molar-refractivity contribution in [2.45, 2.75) is 64.1 Å². The van der Waals surface area contributed by atoms with Crippen LogP contribution in [0.1, 0.15) is 51.0 Å². The van der Waals surface area contributed by atoms with Crippen LogP contribution in [-0.2, 0) is 16.1 Å². The number of para-hydroxylation sites is 1. The van der Waals surface area contributed by atoms with Gasteiger partial charge in [-0.1, -0.05) is 79.2 Å². The minimum Gasteiger partial charge on any atom is -0.482 e. The van der Waals surface area contributed by atoms with E-state index in [9.17, 15) is 9.59 Å². The number of nitrogens with one attached hydrogen (secondary N) is 1. The molecule has 1 fully saturated rings. The minimum absolute atomic E-state index is 0.149. The number of amides is 2. The van der Waals surface area contributed by atoms with Crippen LogP contribution in [-0.4, -0.2) is 35.4 Å². The maximum Gasteiger partial charge on any atom is 0.261 e.